The fourth-order valence-corrected chi connectivity index (χ4v) is 9.34. The van der Waals surface area contributed by atoms with Crippen LogP contribution < -0.4 is 4.90 Å². The van der Waals surface area contributed by atoms with Gasteiger partial charge in [0.15, 0.2) is 5.78 Å². The molecule has 1 aliphatic heterocycles. The number of allylic oxidation sites excluding steroid dienone is 1. The molecule has 1 aromatic rings. The molecular formula is C30H43N3O2. The highest BCUT2D eigenvalue weighted by molar-refractivity contribution is 5.91. The van der Waals surface area contributed by atoms with E-state index in [-0.39, 0.29) is 16.9 Å². The molecule has 5 aliphatic rings. The molecule has 4 aliphatic carbocycles. The van der Waals surface area contributed by atoms with Crippen LogP contribution in [0.25, 0.3) is 0 Å². The van der Waals surface area contributed by atoms with E-state index >= 15 is 0 Å². The number of anilines is 1. The number of aliphatic hydroxyl groups is 1. The summed E-state index contributed by atoms with van der Waals surface area (Å²) in [6.45, 7) is 10.4. The van der Waals surface area contributed by atoms with Crippen molar-refractivity contribution in [2.75, 3.05) is 37.6 Å². The first-order valence-corrected chi connectivity index (χ1v) is 14.2. The van der Waals surface area contributed by atoms with E-state index in [1.807, 2.05) is 18.3 Å². The van der Waals surface area contributed by atoms with Crippen molar-refractivity contribution in [2.24, 2.45) is 34.5 Å². The molecule has 0 aromatic carbocycles. The van der Waals surface area contributed by atoms with Crippen LogP contribution >= 0.6 is 0 Å². The number of carbonyl (C=O) groups excluding carboxylic acids is 1. The van der Waals surface area contributed by atoms with E-state index in [0.717, 1.165) is 63.1 Å². The minimum Gasteiger partial charge on any atom is -0.393 e. The Hall–Kier alpha value is -1.72. The normalized spacial score (nSPS) is 41.7. The molecule has 6 rings (SSSR count). The third-order valence-corrected chi connectivity index (χ3v) is 11.2. The molecule has 1 N–H and O–H groups in total. The molecule has 0 spiro atoms. The van der Waals surface area contributed by atoms with Crippen molar-refractivity contribution in [3.63, 3.8) is 0 Å². The molecule has 0 bridgehead atoms. The van der Waals surface area contributed by atoms with Crippen molar-refractivity contribution in [3.05, 3.63) is 36.0 Å². The van der Waals surface area contributed by atoms with Crippen LogP contribution in [0.5, 0.6) is 0 Å². The van der Waals surface area contributed by atoms with E-state index < -0.39 is 0 Å². The standard InChI is InChI=1S/C30H43N3O2/c1-29-12-10-23(34)19-22(29)6-8-24-25-9-7-21(30(25,2)20-26(35)28(24)29)11-14-32-15-17-33(18-16-32)27-5-3-4-13-31-27/h3-5,13,19,21,24-26,28,35H,6-12,14-18,20H2,1-2H3/t21-,24+,25+,26+,28-,29+,30-/m1/s1. The van der Waals surface area contributed by atoms with Crippen LogP contribution in [0.3, 0.4) is 0 Å². The van der Waals surface area contributed by atoms with Crippen molar-refractivity contribution in [2.45, 2.75) is 71.3 Å². The number of pyridine rings is 1. The molecule has 0 unspecified atom stereocenters. The van der Waals surface area contributed by atoms with E-state index in [2.05, 4.69) is 40.8 Å². The van der Waals surface area contributed by atoms with Gasteiger partial charge in [-0.2, -0.15) is 0 Å². The summed E-state index contributed by atoms with van der Waals surface area (Å²) in [7, 11) is 0. The monoisotopic (exact) mass is 477 g/mol. The Morgan fingerprint density at radius 1 is 1.09 bits per heavy atom. The van der Waals surface area contributed by atoms with E-state index in [0.29, 0.717) is 24.0 Å². The molecule has 190 valence electrons. The van der Waals surface area contributed by atoms with E-state index in [1.54, 1.807) is 0 Å². The SMILES string of the molecule is C[C@]12C[C@H](O)[C@H]3[C@@H](CCC4=CC(=O)CC[C@@]43C)[C@@H]1CC[C@@H]2CCN1CCN(c2ccccn2)CC1. The van der Waals surface area contributed by atoms with Crippen molar-refractivity contribution in [1.29, 1.82) is 0 Å². The molecule has 5 nitrogen and oxygen atoms in total. The van der Waals surface area contributed by atoms with Crippen LogP contribution in [0.1, 0.15) is 65.2 Å². The third kappa shape index (κ3) is 3.98. The Bertz CT molecular complexity index is 971. The maximum Gasteiger partial charge on any atom is 0.155 e. The molecule has 1 aromatic heterocycles. The molecule has 35 heavy (non-hydrogen) atoms. The summed E-state index contributed by atoms with van der Waals surface area (Å²) in [4.78, 5) is 21.7. The molecule has 3 saturated carbocycles. The van der Waals surface area contributed by atoms with Crippen molar-refractivity contribution in [3.8, 4) is 0 Å². The van der Waals surface area contributed by atoms with Gasteiger partial charge >= 0.3 is 0 Å². The number of hydrogen-bond donors (Lipinski definition) is 1. The Balaban J connectivity index is 1.10. The van der Waals surface area contributed by atoms with Crippen LogP contribution in [-0.2, 0) is 4.79 Å². The van der Waals surface area contributed by atoms with Gasteiger partial charge in [0.25, 0.3) is 0 Å². The summed E-state index contributed by atoms with van der Waals surface area (Å²) in [5.41, 5.74) is 1.64. The van der Waals surface area contributed by atoms with Gasteiger partial charge in [0, 0.05) is 38.8 Å². The molecule has 4 fully saturated rings. The predicted octanol–water partition coefficient (Wildman–Crippen LogP) is 4.71. The van der Waals surface area contributed by atoms with E-state index in [1.165, 1.54) is 37.8 Å². The molecular weight excluding hydrogens is 434 g/mol. The number of rotatable bonds is 4. The quantitative estimate of drug-likeness (QED) is 0.681. The fraction of sp³-hybridized carbons (Fsp3) is 0.733. The number of aliphatic hydroxyl groups excluding tert-OH is 1. The Morgan fingerprint density at radius 3 is 2.69 bits per heavy atom. The lowest BCUT2D eigenvalue weighted by Crippen LogP contribution is -2.56. The highest BCUT2D eigenvalue weighted by Crippen LogP contribution is 2.67. The molecule has 0 amide bonds. The number of aromatic nitrogens is 1. The number of hydrogen-bond acceptors (Lipinski definition) is 5. The Morgan fingerprint density at radius 2 is 1.91 bits per heavy atom. The fourth-order valence-electron chi connectivity index (χ4n) is 9.34. The summed E-state index contributed by atoms with van der Waals surface area (Å²) in [5, 5.41) is 11.6. The van der Waals surface area contributed by atoms with Crippen LogP contribution in [0, 0.1) is 34.5 Å². The number of nitrogens with zero attached hydrogens (tertiary/aromatic N) is 3. The topological polar surface area (TPSA) is 56.7 Å². The first-order valence-electron chi connectivity index (χ1n) is 14.2. The largest absolute Gasteiger partial charge is 0.393 e. The molecule has 7 atom stereocenters. The zero-order valence-corrected chi connectivity index (χ0v) is 21.7. The number of carbonyl (C=O) groups is 1. The summed E-state index contributed by atoms with van der Waals surface area (Å²) in [6, 6.07) is 6.18. The number of fused-ring (bicyclic) bond motifs is 5. The minimum atomic E-state index is -0.231. The lowest BCUT2D eigenvalue weighted by Gasteiger charge is -2.60. The Labute approximate surface area is 211 Å². The summed E-state index contributed by atoms with van der Waals surface area (Å²) >= 11 is 0. The first kappa shape index (κ1) is 23.7. The van der Waals surface area contributed by atoms with Crippen LogP contribution in [0.4, 0.5) is 5.82 Å². The zero-order valence-electron chi connectivity index (χ0n) is 21.7. The lowest BCUT2D eigenvalue weighted by molar-refractivity contribution is -0.134. The van der Waals surface area contributed by atoms with E-state index in [4.69, 9.17) is 0 Å². The smallest absolute Gasteiger partial charge is 0.155 e. The van der Waals surface area contributed by atoms with Gasteiger partial charge in [0.05, 0.1) is 6.10 Å². The van der Waals surface area contributed by atoms with Gasteiger partial charge in [-0.1, -0.05) is 25.5 Å². The van der Waals surface area contributed by atoms with Gasteiger partial charge in [-0.15, -0.1) is 0 Å². The second-order valence-electron chi connectivity index (χ2n) is 12.7. The van der Waals surface area contributed by atoms with Gasteiger partial charge in [-0.25, -0.2) is 4.98 Å². The highest BCUT2D eigenvalue weighted by Gasteiger charge is 2.61. The van der Waals surface area contributed by atoms with Crippen molar-refractivity contribution < 1.29 is 9.90 Å². The van der Waals surface area contributed by atoms with Crippen molar-refractivity contribution in [1.82, 2.24) is 9.88 Å². The zero-order chi connectivity index (χ0) is 24.2. The van der Waals surface area contributed by atoms with Gasteiger partial charge in [-0.3, -0.25) is 9.69 Å². The van der Waals surface area contributed by atoms with Gasteiger partial charge in [-0.05, 0) is 104 Å². The summed E-state index contributed by atoms with van der Waals surface area (Å²) in [5.74, 6) is 3.81. The van der Waals surface area contributed by atoms with E-state index in [9.17, 15) is 9.90 Å². The maximum atomic E-state index is 12.1. The summed E-state index contributed by atoms with van der Waals surface area (Å²) < 4.78 is 0. The maximum absolute atomic E-state index is 12.1. The minimum absolute atomic E-state index is 0.0307. The van der Waals surface area contributed by atoms with Gasteiger partial charge in [0.2, 0.25) is 0 Å². The first-order chi connectivity index (χ1) is 16.9. The average molecular weight is 478 g/mol. The predicted molar refractivity (Wildman–Crippen MR) is 139 cm³/mol. The van der Waals surface area contributed by atoms with Crippen LogP contribution in [0.2, 0.25) is 0 Å². The third-order valence-electron chi connectivity index (χ3n) is 11.2. The molecule has 5 heteroatoms. The second kappa shape index (κ2) is 8.99. The van der Waals surface area contributed by atoms with Crippen LogP contribution in [-0.4, -0.2) is 59.6 Å². The van der Waals surface area contributed by atoms with Crippen molar-refractivity contribution >= 4 is 11.6 Å². The molecule has 0 radical (unpaired) electrons. The summed E-state index contributed by atoms with van der Waals surface area (Å²) in [6.07, 6.45) is 12.3. The average Bonchev–Trinajstić information content (AvgIpc) is 3.19. The molecule has 2 heterocycles. The highest BCUT2D eigenvalue weighted by atomic mass is 16.3. The Kier molecular flexibility index (Phi) is 6.08. The molecule has 1 saturated heterocycles. The number of piperazine rings is 1. The lowest BCUT2D eigenvalue weighted by atomic mass is 9.46. The van der Waals surface area contributed by atoms with Gasteiger partial charge in [0.1, 0.15) is 5.82 Å². The van der Waals surface area contributed by atoms with Gasteiger partial charge < -0.3 is 10.0 Å². The number of ketones is 1. The second-order valence-corrected chi connectivity index (χ2v) is 12.7. The van der Waals surface area contributed by atoms with Crippen LogP contribution in [0.15, 0.2) is 36.0 Å².